The largest absolute Gasteiger partial charge is 0.467 e. The van der Waals surface area contributed by atoms with E-state index in [1.54, 1.807) is 0 Å². The molecule has 1 aliphatic rings. The number of methoxy groups -OCH3 is 1. The minimum Gasteiger partial charge on any atom is -0.467 e. The highest BCUT2D eigenvalue weighted by atomic mass is 16.5. The molecule has 116 valence electrons. The topological polar surface area (TPSA) is 58.6 Å². The van der Waals surface area contributed by atoms with Gasteiger partial charge in [-0.25, -0.2) is 4.79 Å². The summed E-state index contributed by atoms with van der Waals surface area (Å²) in [7, 11) is 3.36. The molecule has 5 nitrogen and oxygen atoms in total. The van der Waals surface area contributed by atoms with E-state index in [1.165, 1.54) is 26.9 Å². The number of ether oxygens (including phenoxy) is 1. The molecule has 1 fully saturated rings. The van der Waals surface area contributed by atoms with Crippen LogP contribution in [0.5, 0.6) is 0 Å². The predicted octanol–water partition coefficient (Wildman–Crippen LogP) is 1.56. The van der Waals surface area contributed by atoms with Crippen molar-refractivity contribution in [1.29, 1.82) is 0 Å². The SMILES string of the molecule is COC(=O)C(CN(C)C1CCC(C)(C)CC1)NC(C)=O. The highest BCUT2D eigenvalue weighted by molar-refractivity contribution is 5.83. The van der Waals surface area contributed by atoms with Crippen LogP contribution in [0.1, 0.15) is 46.5 Å². The van der Waals surface area contributed by atoms with Gasteiger partial charge >= 0.3 is 5.97 Å². The van der Waals surface area contributed by atoms with Crippen LogP contribution in [0, 0.1) is 5.41 Å². The lowest BCUT2D eigenvalue weighted by molar-refractivity contribution is -0.145. The molecule has 1 unspecified atom stereocenters. The van der Waals surface area contributed by atoms with E-state index in [1.807, 2.05) is 7.05 Å². The molecule has 1 rings (SSSR count). The summed E-state index contributed by atoms with van der Waals surface area (Å²) in [6.07, 6.45) is 4.67. The van der Waals surface area contributed by atoms with Crippen molar-refractivity contribution in [3.63, 3.8) is 0 Å². The molecule has 0 aromatic rings. The molecular weight excluding hydrogens is 256 g/mol. The van der Waals surface area contributed by atoms with Crippen molar-refractivity contribution < 1.29 is 14.3 Å². The molecule has 1 aliphatic carbocycles. The maximum Gasteiger partial charge on any atom is 0.329 e. The zero-order valence-corrected chi connectivity index (χ0v) is 13.4. The maximum absolute atomic E-state index is 11.7. The number of nitrogens with one attached hydrogen (secondary N) is 1. The molecule has 20 heavy (non-hydrogen) atoms. The van der Waals surface area contributed by atoms with Gasteiger partial charge in [-0.3, -0.25) is 4.79 Å². The van der Waals surface area contributed by atoms with Crippen molar-refractivity contribution >= 4 is 11.9 Å². The summed E-state index contributed by atoms with van der Waals surface area (Å²) in [6, 6.07) is -0.110. The third kappa shape index (κ3) is 5.12. The van der Waals surface area contributed by atoms with Crippen molar-refractivity contribution in [2.75, 3.05) is 20.7 Å². The number of hydrogen-bond donors (Lipinski definition) is 1. The minimum atomic E-state index is -0.586. The Balaban J connectivity index is 2.55. The van der Waals surface area contributed by atoms with E-state index in [4.69, 9.17) is 4.74 Å². The summed E-state index contributed by atoms with van der Waals surface area (Å²) in [6.45, 7) is 6.52. The first kappa shape index (κ1) is 17.0. The standard InChI is InChI=1S/C15H28N2O3/c1-11(18)16-13(14(19)20-5)10-17(4)12-6-8-15(2,3)9-7-12/h12-13H,6-10H2,1-5H3,(H,16,18). The molecule has 0 aromatic carbocycles. The van der Waals surface area contributed by atoms with Gasteiger partial charge in [-0.1, -0.05) is 13.8 Å². The van der Waals surface area contributed by atoms with Crippen LogP contribution in [0.2, 0.25) is 0 Å². The number of esters is 1. The lowest BCUT2D eigenvalue weighted by Crippen LogP contribution is -2.50. The van der Waals surface area contributed by atoms with Gasteiger partial charge in [0, 0.05) is 19.5 Å². The van der Waals surface area contributed by atoms with Gasteiger partial charge in [-0.15, -0.1) is 0 Å². The molecule has 0 bridgehead atoms. The van der Waals surface area contributed by atoms with Crippen molar-refractivity contribution in [2.45, 2.75) is 58.5 Å². The number of amides is 1. The Morgan fingerprint density at radius 3 is 2.35 bits per heavy atom. The van der Waals surface area contributed by atoms with Crippen molar-refractivity contribution in [2.24, 2.45) is 5.41 Å². The van der Waals surface area contributed by atoms with Crippen LogP contribution in [0.25, 0.3) is 0 Å². The Hall–Kier alpha value is -1.10. The smallest absolute Gasteiger partial charge is 0.329 e. The molecule has 0 saturated heterocycles. The van der Waals surface area contributed by atoms with Crippen LogP contribution in [-0.2, 0) is 14.3 Å². The fraction of sp³-hybridized carbons (Fsp3) is 0.867. The first-order chi connectivity index (χ1) is 9.25. The van der Waals surface area contributed by atoms with Gasteiger partial charge in [-0.2, -0.15) is 0 Å². The van der Waals surface area contributed by atoms with Crippen LogP contribution < -0.4 is 5.32 Å². The Morgan fingerprint density at radius 1 is 1.35 bits per heavy atom. The second-order valence-electron chi connectivity index (χ2n) is 6.61. The molecular formula is C15H28N2O3. The zero-order valence-electron chi connectivity index (χ0n) is 13.4. The molecule has 0 heterocycles. The molecule has 1 atom stereocenters. The third-order valence-electron chi connectivity index (χ3n) is 4.27. The van der Waals surface area contributed by atoms with Crippen LogP contribution >= 0.6 is 0 Å². The molecule has 0 aliphatic heterocycles. The Kier molecular flexibility index (Phi) is 5.99. The van der Waals surface area contributed by atoms with Crippen molar-refractivity contribution in [1.82, 2.24) is 10.2 Å². The number of nitrogens with zero attached hydrogens (tertiary/aromatic N) is 1. The van der Waals surface area contributed by atoms with Crippen LogP contribution in [-0.4, -0.2) is 49.6 Å². The maximum atomic E-state index is 11.7. The summed E-state index contributed by atoms with van der Waals surface area (Å²) in [5.41, 5.74) is 0.427. The Labute approximate surface area is 122 Å². The highest BCUT2D eigenvalue weighted by Crippen LogP contribution is 2.36. The zero-order chi connectivity index (χ0) is 15.3. The van der Waals surface area contributed by atoms with E-state index in [0.717, 1.165) is 12.8 Å². The fourth-order valence-electron chi connectivity index (χ4n) is 2.83. The number of likely N-dealkylation sites (N-methyl/N-ethyl adjacent to an activating group) is 1. The predicted molar refractivity (Wildman–Crippen MR) is 78.3 cm³/mol. The number of hydrogen-bond acceptors (Lipinski definition) is 4. The Morgan fingerprint density at radius 2 is 1.90 bits per heavy atom. The van der Waals surface area contributed by atoms with Crippen molar-refractivity contribution in [3.8, 4) is 0 Å². The summed E-state index contributed by atoms with van der Waals surface area (Å²) in [4.78, 5) is 25.1. The molecule has 5 heteroatoms. The summed E-state index contributed by atoms with van der Waals surface area (Å²) in [5.74, 6) is -0.596. The number of rotatable bonds is 5. The van der Waals surface area contributed by atoms with Crippen LogP contribution in [0.4, 0.5) is 0 Å². The van der Waals surface area contributed by atoms with Gasteiger partial charge in [0.05, 0.1) is 7.11 Å². The summed E-state index contributed by atoms with van der Waals surface area (Å²) in [5, 5.41) is 2.66. The quantitative estimate of drug-likeness (QED) is 0.779. The number of carbonyl (C=O) groups is 2. The molecule has 1 N–H and O–H groups in total. The normalized spacial score (nSPS) is 20.5. The monoisotopic (exact) mass is 284 g/mol. The van der Waals surface area contributed by atoms with Gasteiger partial charge in [0.1, 0.15) is 6.04 Å². The van der Waals surface area contributed by atoms with Crippen molar-refractivity contribution in [3.05, 3.63) is 0 Å². The molecule has 0 spiro atoms. The van der Waals surface area contributed by atoms with E-state index < -0.39 is 6.04 Å². The van der Waals surface area contributed by atoms with Gasteiger partial charge < -0.3 is 15.0 Å². The number of carbonyl (C=O) groups excluding carboxylic acids is 2. The highest BCUT2D eigenvalue weighted by Gasteiger charge is 2.31. The first-order valence-electron chi connectivity index (χ1n) is 7.30. The Bertz CT molecular complexity index is 345. The van der Waals surface area contributed by atoms with E-state index in [0.29, 0.717) is 18.0 Å². The lowest BCUT2D eigenvalue weighted by atomic mass is 9.75. The van der Waals surface area contributed by atoms with E-state index in [9.17, 15) is 9.59 Å². The van der Waals surface area contributed by atoms with E-state index >= 15 is 0 Å². The van der Waals surface area contributed by atoms with Crippen LogP contribution in [0.15, 0.2) is 0 Å². The average Bonchev–Trinajstić information content (AvgIpc) is 2.36. The third-order valence-corrected chi connectivity index (χ3v) is 4.27. The lowest BCUT2D eigenvalue weighted by Gasteiger charge is -2.39. The van der Waals surface area contributed by atoms with Gasteiger partial charge in [0.2, 0.25) is 5.91 Å². The second kappa shape index (κ2) is 7.07. The van der Waals surface area contributed by atoms with Crippen LogP contribution in [0.3, 0.4) is 0 Å². The van der Waals surface area contributed by atoms with Gasteiger partial charge in [0.25, 0.3) is 0 Å². The van der Waals surface area contributed by atoms with Gasteiger partial charge in [-0.05, 0) is 38.1 Å². The molecule has 0 aromatic heterocycles. The summed E-state index contributed by atoms with van der Waals surface area (Å²) < 4.78 is 4.75. The van der Waals surface area contributed by atoms with Gasteiger partial charge in [0.15, 0.2) is 0 Å². The van der Waals surface area contributed by atoms with E-state index in [2.05, 4.69) is 24.1 Å². The second-order valence-corrected chi connectivity index (χ2v) is 6.61. The average molecular weight is 284 g/mol. The van der Waals surface area contributed by atoms with E-state index in [-0.39, 0.29) is 11.9 Å². The molecule has 1 amide bonds. The molecule has 0 radical (unpaired) electrons. The summed E-state index contributed by atoms with van der Waals surface area (Å²) >= 11 is 0. The minimum absolute atomic E-state index is 0.210. The molecule has 1 saturated carbocycles. The fourth-order valence-corrected chi connectivity index (χ4v) is 2.83. The first-order valence-corrected chi connectivity index (χ1v) is 7.30.